The highest BCUT2D eigenvalue weighted by Crippen LogP contribution is 2.29. The van der Waals surface area contributed by atoms with E-state index in [0.29, 0.717) is 36.5 Å². The first-order valence-electron chi connectivity index (χ1n) is 8.95. The number of ketones is 1. The van der Waals surface area contributed by atoms with Crippen LogP contribution >= 0.6 is 0 Å². The first kappa shape index (κ1) is 19.2. The lowest BCUT2D eigenvalue weighted by atomic mass is 10.1. The van der Waals surface area contributed by atoms with Crippen LogP contribution in [0.4, 0.5) is 0 Å². The van der Waals surface area contributed by atoms with Crippen molar-refractivity contribution < 1.29 is 19.1 Å². The van der Waals surface area contributed by atoms with E-state index in [1.54, 1.807) is 36.4 Å². The molecule has 1 aliphatic rings. The number of carbonyl (C=O) groups excluding carboxylic acids is 2. The Morgan fingerprint density at radius 1 is 0.964 bits per heavy atom. The summed E-state index contributed by atoms with van der Waals surface area (Å²) in [5, 5.41) is 0. The smallest absolute Gasteiger partial charge is 0.248 e. The van der Waals surface area contributed by atoms with E-state index in [9.17, 15) is 9.59 Å². The Kier molecular flexibility index (Phi) is 6.41. The molecule has 4 rings (SSSR count). The van der Waals surface area contributed by atoms with E-state index in [1.165, 1.54) is 0 Å². The largest absolute Gasteiger partial charge is 0.492 e. The molecular weight excluding hydrogens is 354 g/mol. The molecule has 3 aromatic carbocycles. The van der Waals surface area contributed by atoms with E-state index < -0.39 is 0 Å². The molecule has 0 bridgehead atoms. The zero-order valence-corrected chi connectivity index (χ0v) is 15.3. The summed E-state index contributed by atoms with van der Waals surface area (Å²) in [6.07, 6.45) is 0.456. The first-order chi connectivity index (χ1) is 13.6. The van der Waals surface area contributed by atoms with E-state index in [1.807, 2.05) is 42.5 Å². The summed E-state index contributed by atoms with van der Waals surface area (Å²) < 4.78 is 11.2. The van der Waals surface area contributed by atoms with Gasteiger partial charge in [0.05, 0.1) is 12.2 Å². The highest BCUT2D eigenvalue weighted by atomic mass is 16.5. The number of hydrogen-bond donors (Lipinski definition) is 1. The fourth-order valence-electron chi connectivity index (χ4n) is 2.67. The van der Waals surface area contributed by atoms with Gasteiger partial charge in [-0.1, -0.05) is 48.5 Å². The molecule has 0 unspecified atom stereocenters. The minimum atomic E-state index is -0.379. The number of benzene rings is 3. The molecule has 3 aromatic rings. The van der Waals surface area contributed by atoms with Gasteiger partial charge in [-0.3, -0.25) is 9.59 Å². The van der Waals surface area contributed by atoms with Crippen molar-refractivity contribution in [1.82, 2.24) is 0 Å². The molecule has 5 heteroatoms. The van der Waals surface area contributed by atoms with Gasteiger partial charge in [-0.05, 0) is 29.8 Å². The lowest BCUT2D eigenvalue weighted by molar-refractivity contribution is 0.0932. The van der Waals surface area contributed by atoms with Crippen LogP contribution in [0.2, 0.25) is 0 Å². The number of carbonyl (C=O) groups is 2. The molecule has 1 heterocycles. The van der Waals surface area contributed by atoms with Crippen LogP contribution in [0.15, 0.2) is 78.9 Å². The summed E-state index contributed by atoms with van der Waals surface area (Å²) in [5.41, 5.74) is 7.29. The molecule has 0 saturated heterocycles. The fourth-order valence-corrected chi connectivity index (χ4v) is 2.67. The summed E-state index contributed by atoms with van der Waals surface area (Å²) in [5.74, 6) is 1.10. The maximum atomic E-state index is 11.7. The third-order valence-electron chi connectivity index (χ3n) is 4.15. The van der Waals surface area contributed by atoms with Crippen LogP contribution in [0.3, 0.4) is 0 Å². The Hall–Kier alpha value is -3.60. The van der Waals surface area contributed by atoms with Crippen molar-refractivity contribution in [1.29, 1.82) is 0 Å². The van der Waals surface area contributed by atoms with Gasteiger partial charge in [-0.15, -0.1) is 0 Å². The summed E-state index contributed by atoms with van der Waals surface area (Å²) in [6.45, 7) is 0.960. The van der Waals surface area contributed by atoms with Crippen molar-refractivity contribution in [2.45, 2.75) is 13.0 Å². The average molecular weight is 375 g/mol. The molecule has 0 aliphatic carbocycles. The molecule has 5 nitrogen and oxygen atoms in total. The summed E-state index contributed by atoms with van der Waals surface area (Å²) in [6, 6.07) is 24.1. The molecule has 0 spiro atoms. The highest BCUT2D eigenvalue weighted by Gasteiger charge is 2.18. The van der Waals surface area contributed by atoms with E-state index in [2.05, 4.69) is 0 Å². The van der Waals surface area contributed by atoms with E-state index >= 15 is 0 Å². The quantitative estimate of drug-likeness (QED) is 0.747. The van der Waals surface area contributed by atoms with E-state index in [0.717, 1.165) is 11.3 Å². The van der Waals surface area contributed by atoms with Crippen LogP contribution in [0.25, 0.3) is 0 Å². The molecule has 0 saturated carbocycles. The lowest BCUT2D eigenvalue weighted by Gasteiger charge is -2.17. The number of primary amides is 1. The minimum absolute atomic E-state index is 0.135. The van der Waals surface area contributed by atoms with Gasteiger partial charge in [0.15, 0.2) is 5.78 Å². The third kappa shape index (κ3) is 5.20. The van der Waals surface area contributed by atoms with Gasteiger partial charge >= 0.3 is 0 Å². The summed E-state index contributed by atoms with van der Waals surface area (Å²) in [7, 11) is 0. The predicted molar refractivity (Wildman–Crippen MR) is 107 cm³/mol. The number of fused-ring (bicyclic) bond motifs is 1. The van der Waals surface area contributed by atoms with Crippen molar-refractivity contribution in [2.75, 3.05) is 6.61 Å². The molecule has 1 aliphatic heterocycles. The number of rotatable bonds is 4. The third-order valence-corrected chi connectivity index (χ3v) is 4.15. The maximum absolute atomic E-state index is 11.7. The second kappa shape index (κ2) is 9.37. The average Bonchev–Trinajstić information content (AvgIpc) is 2.74. The number of hydrogen-bond acceptors (Lipinski definition) is 4. The van der Waals surface area contributed by atoms with Crippen molar-refractivity contribution >= 4 is 11.7 Å². The Morgan fingerprint density at radius 2 is 1.64 bits per heavy atom. The number of amides is 1. The minimum Gasteiger partial charge on any atom is -0.492 e. The Labute approximate surface area is 163 Å². The van der Waals surface area contributed by atoms with Crippen LogP contribution in [0, 0.1) is 0 Å². The predicted octanol–water partition coefficient (Wildman–Crippen LogP) is 4.02. The van der Waals surface area contributed by atoms with Crippen molar-refractivity contribution in [2.24, 2.45) is 5.73 Å². The van der Waals surface area contributed by atoms with Gasteiger partial charge in [-0.25, -0.2) is 0 Å². The Balaban J connectivity index is 0.000000211. The highest BCUT2D eigenvalue weighted by molar-refractivity contribution is 5.99. The molecule has 0 fully saturated rings. The number of Topliss-reactive ketones (excluding diaryl/α,β-unsaturated/α-hetero) is 1. The SMILES string of the molecule is NC(=O)c1ccccc1.O=C1CCOc2cc(OCc3ccccc3)ccc21. The van der Waals surface area contributed by atoms with Crippen LogP contribution < -0.4 is 15.2 Å². The molecule has 2 N–H and O–H groups in total. The summed E-state index contributed by atoms with van der Waals surface area (Å²) >= 11 is 0. The van der Waals surface area contributed by atoms with Gasteiger partial charge in [0.25, 0.3) is 0 Å². The van der Waals surface area contributed by atoms with E-state index in [-0.39, 0.29) is 11.7 Å². The van der Waals surface area contributed by atoms with Gasteiger partial charge in [0.1, 0.15) is 18.1 Å². The topological polar surface area (TPSA) is 78.6 Å². The van der Waals surface area contributed by atoms with Crippen molar-refractivity contribution in [3.8, 4) is 11.5 Å². The monoisotopic (exact) mass is 375 g/mol. The van der Waals surface area contributed by atoms with Crippen molar-refractivity contribution in [3.63, 3.8) is 0 Å². The molecule has 0 aromatic heterocycles. The standard InChI is InChI=1S/C16H14O3.C7H7NO/c17-15-8-9-18-16-10-13(6-7-14(15)16)19-11-12-4-2-1-3-5-12;8-7(9)6-4-2-1-3-5-6/h1-7,10H,8-9,11H2;1-5H,(H2,8,9). The van der Waals surface area contributed by atoms with Gasteiger partial charge in [-0.2, -0.15) is 0 Å². The van der Waals surface area contributed by atoms with E-state index in [4.69, 9.17) is 15.2 Å². The number of nitrogens with two attached hydrogens (primary N) is 1. The fraction of sp³-hybridized carbons (Fsp3) is 0.130. The zero-order valence-electron chi connectivity index (χ0n) is 15.3. The molecule has 1 amide bonds. The van der Waals surface area contributed by atoms with Crippen molar-refractivity contribution in [3.05, 3.63) is 95.6 Å². The first-order valence-corrected chi connectivity index (χ1v) is 8.95. The summed E-state index contributed by atoms with van der Waals surface area (Å²) in [4.78, 5) is 22.1. The molecule has 28 heavy (non-hydrogen) atoms. The molecule has 0 radical (unpaired) electrons. The maximum Gasteiger partial charge on any atom is 0.248 e. The molecular formula is C23H21NO4. The van der Waals surface area contributed by atoms with Gasteiger partial charge in [0.2, 0.25) is 5.91 Å². The second-order valence-corrected chi connectivity index (χ2v) is 6.18. The normalized spacial score (nSPS) is 12.1. The van der Waals surface area contributed by atoms with Crippen LogP contribution in [-0.4, -0.2) is 18.3 Å². The van der Waals surface area contributed by atoms with Crippen LogP contribution in [0.5, 0.6) is 11.5 Å². The van der Waals surface area contributed by atoms with Gasteiger partial charge < -0.3 is 15.2 Å². The zero-order chi connectivity index (χ0) is 19.8. The lowest BCUT2D eigenvalue weighted by Crippen LogP contribution is -2.15. The second-order valence-electron chi connectivity index (χ2n) is 6.18. The Morgan fingerprint density at radius 3 is 2.29 bits per heavy atom. The van der Waals surface area contributed by atoms with Crippen LogP contribution in [-0.2, 0) is 6.61 Å². The van der Waals surface area contributed by atoms with Crippen LogP contribution in [0.1, 0.15) is 32.7 Å². The van der Waals surface area contributed by atoms with Gasteiger partial charge in [0, 0.05) is 18.1 Å². The molecule has 0 atom stereocenters. The Bertz CT molecular complexity index is 939. The molecule has 142 valence electrons. The number of ether oxygens (including phenoxy) is 2.